The van der Waals surface area contributed by atoms with Crippen LogP contribution in [-0.4, -0.2) is 36.4 Å². The van der Waals surface area contributed by atoms with Crippen molar-refractivity contribution in [3.63, 3.8) is 0 Å². The molecule has 0 aromatic rings. The number of halogens is 3. The molecule has 9 heteroatoms. The molecule has 116 valence electrons. The molecule has 0 fully saturated rings. The van der Waals surface area contributed by atoms with Crippen molar-refractivity contribution in [2.24, 2.45) is 0 Å². The number of alkyl halides is 3. The minimum absolute atomic E-state index is 0.171. The van der Waals surface area contributed by atoms with Crippen LogP contribution < -0.4 is 0 Å². The summed E-state index contributed by atoms with van der Waals surface area (Å²) in [4.78, 5) is 0. The van der Waals surface area contributed by atoms with Gasteiger partial charge in [0.15, 0.2) is 0 Å². The highest BCUT2D eigenvalue weighted by molar-refractivity contribution is 7.88. The lowest BCUT2D eigenvalue weighted by molar-refractivity contribution is -0.0503. The Balaban J connectivity index is 0. The fraction of sp³-hybridized carbons (Fsp3) is 1.00. The molecule has 0 atom stereocenters. The zero-order chi connectivity index (χ0) is 15.9. The quantitative estimate of drug-likeness (QED) is 0.557. The summed E-state index contributed by atoms with van der Waals surface area (Å²) < 4.78 is 59.7. The second-order valence-corrected chi connectivity index (χ2v) is 15.6. The van der Waals surface area contributed by atoms with Crippen LogP contribution in [0.3, 0.4) is 0 Å². The molecular weight excluding hydrogens is 312 g/mol. The van der Waals surface area contributed by atoms with Crippen molar-refractivity contribution >= 4 is 32.6 Å². The summed E-state index contributed by atoms with van der Waals surface area (Å²) >= 11 is -0.171. The van der Waals surface area contributed by atoms with Gasteiger partial charge in [-0.15, -0.1) is 0 Å². The van der Waals surface area contributed by atoms with E-state index in [1.807, 2.05) is 0 Å². The van der Waals surface area contributed by atoms with Gasteiger partial charge in [-0.05, 0) is 19.6 Å². The highest BCUT2D eigenvalue weighted by Gasteiger charge is 2.49. The van der Waals surface area contributed by atoms with E-state index in [1.54, 1.807) is 0 Å². The molecule has 0 aromatic heterocycles. The molecule has 0 saturated heterocycles. The van der Waals surface area contributed by atoms with Gasteiger partial charge in [0.1, 0.15) is 0 Å². The summed E-state index contributed by atoms with van der Waals surface area (Å²) in [5.41, 5.74) is -5.31. The van der Waals surface area contributed by atoms with Gasteiger partial charge < -0.3 is 3.87 Å². The molecule has 0 unspecified atom stereocenters. The Morgan fingerprint density at radius 1 is 1.00 bits per heavy atom. The predicted molar refractivity (Wildman–Crippen MR) is 76.6 cm³/mol. The summed E-state index contributed by atoms with van der Waals surface area (Å²) in [6.45, 7) is 11.0. The predicted octanol–water partition coefficient (Wildman–Crippen LogP) is 4.23. The van der Waals surface area contributed by atoms with E-state index in [0.717, 1.165) is 0 Å². The molecule has 0 aliphatic rings. The topological polar surface area (TPSA) is 43.4 Å². The lowest BCUT2D eigenvalue weighted by Crippen LogP contribution is -2.36. The molecule has 0 radical (unpaired) electrons. The summed E-state index contributed by atoms with van der Waals surface area (Å²) in [6, 6.07) is 0. The first-order chi connectivity index (χ1) is 8.30. The maximum Gasteiger partial charge on any atom is 0.522 e. The fourth-order valence-electron chi connectivity index (χ4n) is 1.24. The summed E-state index contributed by atoms with van der Waals surface area (Å²) in [6.07, 6.45) is 0. The molecule has 3 nitrogen and oxygen atoms in total. The van der Waals surface area contributed by atoms with E-state index in [1.165, 1.54) is 35.5 Å². The molecule has 0 N–H and O–H groups in total. The van der Waals surface area contributed by atoms with E-state index in [-0.39, 0.29) is 14.1 Å². The van der Waals surface area contributed by atoms with Crippen LogP contribution in [0.15, 0.2) is 0 Å². The van der Waals surface area contributed by atoms with Crippen molar-refractivity contribution in [1.29, 1.82) is 0 Å². The van der Waals surface area contributed by atoms with Crippen LogP contribution in [0.1, 0.15) is 20.8 Å². The minimum atomic E-state index is -5.39. The average molecular weight is 336 g/mol. The minimum Gasteiger partial charge on any atom is -0.309 e. The molecule has 0 aromatic carbocycles. The van der Waals surface area contributed by atoms with Gasteiger partial charge in [0.25, 0.3) is 14.1 Å². The summed E-state index contributed by atoms with van der Waals surface area (Å²) in [5.74, 6) is 0. The van der Waals surface area contributed by atoms with Gasteiger partial charge in [-0.1, -0.05) is 36.6 Å². The Labute approximate surface area is 120 Å². The van der Waals surface area contributed by atoms with E-state index >= 15 is 0 Å². The molecule has 0 heterocycles. The van der Waals surface area contributed by atoms with Crippen LogP contribution in [-0.2, 0) is 14.0 Å². The van der Waals surface area contributed by atoms with E-state index in [9.17, 15) is 21.6 Å². The van der Waals surface area contributed by atoms with E-state index in [4.69, 9.17) is 0 Å². The lowest BCUT2D eigenvalue weighted by Gasteiger charge is -2.17. The molecule has 0 aliphatic carbocycles. The number of hydrogen-bond acceptors (Lipinski definition) is 3. The Kier molecular flexibility index (Phi) is 9.93. The van der Waals surface area contributed by atoms with Crippen molar-refractivity contribution in [1.82, 2.24) is 0 Å². The second kappa shape index (κ2) is 8.67. The highest BCUT2D eigenvalue weighted by Crippen LogP contribution is 2.27. The number of hydrogen-bond donors (Lipinski definition) is 0. The molecule has 0 spiro atoms. The van der Waals surface area contributed by atoms with E-state index in [0.29, 0.717) is 0 Å². The van der Waals surface area contributed by atoms with Gasteiger partial charge in [-0.3, -0.25) is 0 Å². The van der Waals surface area contributed by atoms with E-state index < -0.39 is 23.9 Å². The smallest absolute Gasteiger partial charge is 0.309 e. The van der Waals surface area contributed by atoms with Gasteiger partial charge in [0.2, 0.25) is 8.32 Å². The van der Waals surface area contributed by atoms with Gasteiger partial charge in [0.05, 0.1) is 0 Å². The Bertz CT molecular complexity index is 329. The standard InChI is InChI=1S/C4H9F3O3SSi.3C2H5.Al/c1-12(2,3)10-11(8,9)4(5,6)7;3*1-2;/h1-3H3;3*1H2,2H3;. The maximum absolute atomic E-state index is 11.7. The summed E-state index contributed by atoms with van der Waals surface area (Å²) in [5, 5.41) is 4.48. The third-order valence-corrected chi connectivity index (χ3v) is 9.28. The third kappa shape index (κ3) is 10.9. The lowest BCUT2D eigenvalue weighted by atomic mass is 10.9. The molecule has 0 aliphatic heterocycles. The van der Waals surface area contributed by atoms with Crippen molar-refractivity contribution in [3.05, 3.63) is 0 Å². The van der Waals surface area contributed by atoms with Gasteiger partial charge in [-0.2, -0.15) is 21.6 Å². The van der Waals surface area contributed by atoms with Crippen LogP contribution in [0.5, 0.6) is 0 Å². The van der Waals surface area contributed by atoms with Crippen LogP contribution in [0.2, 0.25) is 35.5 Å². The van der Waals surface area contributed by atoms with Crippen molar-refractivity contribution in [2.75, 3.05) is 0 Å². The number of rotatable bonds is 5. The first-order valence-electron chi connectivity index (χ1n) is 6.32. The molecule has 19 heavy (non-hydrogen) atoms. The maximum atomic E-state index is 11.7. The summed E-state index contributed by atoms with van der Waals surface area (Å²) in [7, 11) is -8.10. The van der Waals surface area contributed by atoms with Gasteiger partial charge in [-0.25, -0.2) is 0 Å². The molecule has 0 rings (SSSR count). The van der Waals surface area contributed by atoms with E-state index in [2.05, 4.69) is 24.6 Å². The Morgan fingerprint density at radius 3 is 1.37 bits per heavy atom. The van der Waals surface area contributed by atoms with Crippen molar-refractivity contribution < 1.29 is 25.5 Å². The molecule has 0 bridgehead atoms. The van der Waals surface area contributed by atoms with Gasteiger partial charge >= 0.3 is 15.6 Å². The second-order valence-electron chi connectivity index (χ2n) is 5.19. The zero-order valence-electron chi connectivity index (χ0n) is 12.5. The normalized spacial score (nSPS) is 12.7. The first kappa shape index (κ1) is 21.7. The van der Waals surface area contributed by atoms with Crippen LogP contribution >= 0.6 is 0 Å². The zero-order valence-corrected chi connectivity index (χ0v) is 15.4. The SMILES string of the molecule is C[CH2][Al]([CH2]C)[CH2]C.C[Si](C)(C)OS(=O)(=O)C(F)(F)F. The molecule has 0 amide bonds. The molecule has 0 saturated carbocycles. The fourth-order valence-corrected chi connectivity index (χ4v) is 5.99. The Hall–Kier alpha value is 0.449. The highest BCUT2D eigenvalue weighted by atomic mass is 32.2. The van der Waals surface area contributed by atoms with Crippen LogP contribution in [0, 0.1) is 0 Å². The largest absolute Gasteiger partial charge is 0.522 e. The van der Waals surface area contributed by atoms with Crippen molar-refractivity contribution in [3.8, 4) is 0 Å². The monoisotopic (exact) mass is 336 g/mol. The van der Waals surface area contributed by atoms with Crippen LogP contribution in [0.25, 0.3) is 0 Å². The van der Waals surface area contributed by atoms with Crippen LogP contribution in [0.4, 0.5) is 13.2 Å². The first-order valence-corrected chi connectivity index (χ1v) is 13.6. The molecular formula is C10H24AlF3O3SSi. The Morgan fingerprint density at radius 2 is 1.32 bits per heavy atom. The van der Waals surface area contributed by atoms with Gasteiger partial charge in [0, 0.05) is 0 Å². The average Bonchev–Trinajstić information content (AvgIpc) is 2.15. The third-order valence-electron chi connectivity index (χ3n) is 2.38. The van der Waals surface area contributed by atoms with Crippen molar-refractivity contribution in [2.45, 2.75) is 61.8 Å².